The van der Waals surface area contributed by atoms with Crippen molar-refractivity contribution in [3.05, 3.63) is 0 Å². The molecule has 0 aromatic rings. The number of hydrogen-bond donors (Lipinski definition) is 2. The zero-order chi connectivity index (χ0) is 18.2. The van der Waals surface area contributed by atoms with E-state index in [1.165, 1.54) is 12.8 Å². The highest BCUT2D eigenvalue weighted by molar-refractivity contribution is 14.0. The monoisotopic (exact) mass is 482 g/mol. The molecule has 1 aliphatic carbocycles. The van der Waals surface area contributed by atoms with Gasteiger partial charge in [0.25, 0.3) is 0 Å². The van der Waals surface area contributed by atoms with E-state index < -0.39 is 0 Å². The number of hydrogen-bond acceptors (Lipinski definition) is 4. The summed E-state index contributed by atoms with van der Waals surface area (Å²) in [6, 6.07) is 0. The van der Waals surface area contributed by atoms with E-state index in [1.54, 1.807) is 0 Å². The maximum Gasteiger partial charge on any atom is 0.191 e. The molecule has 0 unspecified atom stereocenters. The van der Waals surface area contributed by atoms with Crippen molar-refractivity contribution in [3.8, 4) is 0 Å². The zero-order valence-electron chi connectivity index (χ0n) is 17.1. The van der Waals surface area contributed by atoms with E-state index in [-0.39, 0.29) is 29.5 Å². The molecule has 0 aromatic heterocycles. The van der Waals surface area contributed by atoms with Crippen LogP contribution in [-0.2, 0) is 9.47 Å². The van der Waals surface area contributed by atoms with E-state index >= 15 is 0 Å². The lowest BCUT2D eigenvalue weighted by molar-refractivity contribution is -0.00684. The van der Waals surface area contributed by atoms with Crippen LogP contribution >= 0.6 is 24.0 Å². The second-order valence-corrected chi connectivity index (χ2v) is 7.91. The molecule has 6 nitrogen and oxygen atoms in total. The third-order valence-corrected chi connectivity index (χ3v) is 5.40. The number of rotatable bonds is 10. The van der Waals surface area contributed by atoms with Gasteiger partial charge in [0.15, 0.2) is 5.96 Å². The lowest BCUT2D eigenvalue weighted by atomic mass is 10.0. The standard InChI is InChI=1S/C19H38N4O2.HI/c1-5-20-17(22-16-19(7-8-19)9-12-24-6-2)21-15-18(3,4)23-10-13-25-14-11-23;/h5-16H2,1-4H3,(H2,20,21,22);1H. The van der Waals surface area contributed by atoms with E-state index in [0.29, 0.717) is 5.41 Å². The predicted octanol–water partition coefficient (Wildman–Crippen LogP) is 2.48. The predicted molar refractivity (Wildman–Crippen MR) is 119 cm³/mol. The van der Waals surface area contributed by atoms with Gasteiger partial charge in [-0.1, -0.05) is 0 Å². The summed E-state index contributed by atoms with van der Waals surface area (Å²) in [7, 11) is 0. The Labute approximate surface area is 176 Å². The highest BCUT2D eigenvalue weighted by Crippen LogP contribution is 2.48. The molecular weight excluding hydrogens is 443 g/mol. The molecule has 7 heteroatoms. The first-order valence-corrected chi connectivity index (χ1v) is 9.94. The van der Waals surface area contributed by atoms with Crippen LogP contribution in [0, 0.1) is 5.41 Å². The average Bonchev–Trinajstić information content (AvgIpc) is 3.39. The van der Waals surface area contributed by atoms with Crippen LogP contribution in [0.5, 0.6) is 0 Å². The molecule has 154 valence electrons. The molecule has 2 aliphatic rings. The molecule has 1 aliphatic heterocycles. The molecule has 26 heavy (non-hydrogen) atoms. The molecule has 0 amide bonds. The summed E-state index contributed by atoms with van der Waals surface area (Å²) in [4.78, 5) is 7.35. The van der Waals surface area contributed by atoms with Crippen molar-refractivity contribution in [2.75, 3.05) is 59.2 Å². The fourth-order valence-electron chi connectivity index (χ4n) is 3.28. The number of nitrogens with zero attached hydrogens (tertiary/aromatic N) is 2. The Morgan fingerprint density at radius 2 is 1.88 bits per heavy atom. The lowest BCUT2D eigenvalue weighted by Crippen LogP contribution is -2.52. The number of nitrogens with one attached hydrogen (secondary N) is 2. The molecule has 1 heterocycles. The fourth-order valence-corrected chi connectivity index (χ4v) is 3.28. The van der Waals surface area contributed by atoms with Crippen molar-refractivity contribution >= 4 is 29.9 Å². The number of morpholine rings is 1. The van der Waals surface area contributed by atoms with Gasteiger partial charge in [-0.05, 0) is 52.4 Å². The second-order valence-electron chi connectivity index (χ2n) is 7.91. The Morgan fingerprint density at radius 1 is 1.19 bits per heavy atom. The topological polar surface area (TPSA) is 58.1 Å². The molecule has 2 fully saturated rings. The normalized spacial score (nSPS) is 20.4. The van der Waals surface area contributed by atoms with E-state index in [9.17, 15) is 0 Å². The summed E-state index contributed by atoms with van der Waals surface area (Å²) in [5.41, 5.74) is 0.476. The average molecular weight is 482 g/mol. The van der Waals surface area contributed by atoms with Crippen molar-refractivity contribution in [2.24, 2.45) is 10.4 Å². The fraction of sp³-hybridized carbons (Fsp3) is 0.947. The summed E-state index contributed by atoms with van der Waals surface area (Å²) in [5.74, 6) is 0.937. The third kappa shape index (κ3) is 7.86. The Morgan fingerprint density at radius 3 is 2.46 bits per heavy atom. The smallest absolute Gasteiger partial charge is 0.191 e. The van der Waals surface area contributed by atoms with Gasteiger partial charge in [0.1, 0.15) is 0 Å². The molecule has 1 saturated carbocycles. The van der Waals surface area contributed by atoms with Gasteiger partial charge in [0.05, 0.1) is 19.8 Å². The van der Waals surface area contributed by atoms with Crippen LogP contribution in [0.1, 0.15) is 47.0 Å². The third-order valence-electron chi connectivity index (χ3n) is 5.40. The van der Waals surface area contributed by atoms with Gasteiger partial charge in [-0.15, -0.1) is 24.0 Å². The molecule has 2 N–H and O–H groups in total. The van der Waals surface area contributed by atoms with Crippen LogP contribution < -0.4 is 10.6 Å². The number of halogens is 1. The Kier molecular flexibility index (Phi) is 10.7. The van der Waals surface area contributed by atoms with E-state index in [2.05, 4.69) is 43.2 Å². The van der Waals surface area contributed by atoms with Crippen molar-refractivity contribution in [3.63, 3.8) is 0 Å². The summed E-state index contributed by atoms with van der Waals surface area (Å²) in [6.45, 7) is 16.7. The zero-order valence-corrected chi connectivity index (χ0v) is 19.4. The summed E-state index contributed by atoms with van der Waals surface area (Å²) < 4.78 is 11.0. The summed E-state index contributed by atoms with van der Waals surface area (Å²) in [6.07, 6.45) is 3.74. The Balaban J connectivity index is 0.00000338. The SMILES string of the molecule is CCNC(=NCC(C)(C)N1CCOCC1)NCC1(CCOCC)CC1.I. The number of aliphatic imine (C=N–C) groups is 1. The van der Waals surface area contributed by atoms with Gasteiger partial charge in [-0.25, -0.2) is 0 Å². The minimum Gasteiger partial charge on any atom is -0.382 e. The van der Waals surface area contributed by atoms with Crippen LogP contribution in [-0.4, -0.2) is 75.5 Å². The second kappa shape index (κ2) is 11.7. The van der Waals surface area contributed by atoms with Crippen LogP contribution in [0.4, 0.5) is 0 Å². The first kappa shape index (κ1) is 23.9. The first-order valence-electron chi connectivity index (χ1n) is 9.94. The van der Waals surface area contributed by atoms with Crippen LogP contribution in [0.2, 0.25) is 0 Å². The maximum atomic E-state index is 5.53. The van der Waals surface area contributed by atoms with Crippen LogP contribution in [0.3, 0.4) is 0 Å². The van der Waals surface area contributed by atoms with Gasteiger partial charge in [0.2, 0.25) is 0 Å². The molecular formula is C19H39IN4O2. The largest absolute Gasteiger partial charge is 0.382 e. The lowest BCUT2D eigenvalue weighted by Gasteiger charge is -2.40. The summed E-state index contributed by atoms with van der Waals surface area (Å²) in [5, 5.41) is 6.96. The molecule has 0 atom stereocenters. The van der Waals surface area contributed by atoms with Crippen LogP contribution in [0.25, 0.3) is 0 Å². The Hall–Kier alpha value is -0.120. The molecule has 0 radical (unpaired) electrons. The molecule has 1 saturated heterocycles. The molecule has 0 bridgehead atoms. The molecule has 0 spiro atoms. The minimum absolute atomic E-state index is 0. The maximum absolute atomic E-state index is 5.53. The van der Waals surface area contributed by atoms with Gasteiger partial charge < -0.3 is 20.1 Å². The highest BCUT2D eigenvalue weighted by Gasteiger charge is 2.42. The van der Waals surface area contributed by atoms with Gasteiger partial charge in [-0.3, -0.25) is 9.89 Å². The minimum atomic E-state index is 0. The molecule has 0 aromatic carbocycles. The van der Waals surface area contributed by atoms with Gasteiger partial charge in [-0.2, -0.15) is 0 Å². The summed E-state index contributed by atoms with van der Waals surface area (Å²) >= 11 is 0. The van der Waals surface area contributed by atoms with Crippen molar-refractivity contribution in [1.29, 1.82) is 0 Å². The van der Waals surface area contributed by atoms with E-state index in [4.69, 9.17) is 14.5 Å². The van der Waals surface area contributed by atoms with E-state index in [0.717, 1.165) is 71.5 Å². The highest BCUT2D eigenvalue weighted by atomic mass is 127. The van der Waals surface area contributed by atoms with Crippen molar-refractivity contribution in [2.45, 2.75) is 52.5 Å². The number of ether oxygens (including phenoxy) is 2. The van der Waals surface area contributed by atoms with E-state index in [1.807, 2.05) is 0 Å². The Bertz CT molecular complexity index is 422. The molecule has 2 rings (SSSR count). The quantitative estimate of drug-likeness (QED) is 0.217. The first-order chi connectivity index (χ1) is 12.0. The van der Waals surface area contributed by atoms with Crippen molar-refractivity contribution in [1.82, 2.24) is 15.5 Å². The van der Waals surface area contributed by atoms with Gasteiger partial charge >= 0.3 is 0 Å². The number of guanidine groups is 1. The van der Waals surface area contributed by atoms with Gasteiger partial charge in [0, 0.05) is 44.9 Å². The van der Waals surface area contributed by atoms with Crippen molar-refractivity contribution < 1.29 is 9.47 Å². The van der Waals surface area contributed by atoms with Crippen LogP contribution in [0.15, 0.2) is 4.99 Å².